The van der Waals surface area contributed by atoms with Gasteiger partial charge in [0.25, 0.3) is 10.0 Å². The van der Waals surface area contributed by atoms with E-state index in [2.05, 4.69) is 25.4 Å². The number of aromatic nitrogens is 2. The van der Waals surface area contributed by atoms with Gasteiger partial charge in [-0.15, -0.1) is 10.2 Å². The van der Waals surface area contributed by atoms with E-state index in [9.17, 15) is 8.42 Å². The predicted octanol–water partition coefficient (Wildman–Crippen LogP) is 4.08. The largest absolute Gasteiger partial charge is 0.280 e. The molecule has 0 aliphatic carbocycles. The second-order valence-electron chi connectivity index (χ2n) is 6.05. The number of aryl methyl sites for hydroxylation is 1. The molecule has 0 fully saturated rings. The number of anilines is 2. The molecule has 3 aromatic rings. The number of nitrogens with zero attached hydrogens (tertiary/aromatic N) is 3. The average molecular weight is 416 g/mol. The monoisotopic (exact) mass is 415 g/mol. The second kappa shape index (κ2) is 8.37. The summed E-state index contributed by atoms with van der Waals surface area (Å²) in [7, 11) is -3.63. The van der Waals surface area contributed by atoms with E-state index < -0.39 is 10.0 Å². The summed E-state index contributed by atoms with van der Waals surface area (Å²) in [6.45, 7) is 3.72. The van der Waals surface area contributed by atoms with Gasteiger partial charge in [0.2, 0.25) is 0 Å². The first-order valence-electron chi connectivity index (χ1n) is 8.33. The third-order valence-electron chi connectivity index (χ3n) is 3.86. The molecule has 0 unspecified atom stereocenters. The number of benzene rings is 2. The first-order chi connectivity index (χ1) is 13.3. The van der Waals surface area contributed by atoms with Gasteiger partial charge in [-0.25, -0.2) is 8.42 Å². The molecule has 28 heavy (non-hydrogen) atoms. The van der Waals surface area contributed by atoms with Gasteiger partial charge in [-0.2, -0.15) is 5.10 Å². The number of hydrogen-bond donors (Lipinski definition) is 2. The van der Waals surface area contributed by atoms with Gasteiger partial charge in [0, 0.05) is 5.69 Å². The Morgan fingerprint density at radius 1 is 0.964 bits per heavy atom. The summed E-state index contributed by atoms with van der Waals surface area (Å²) in [5.41, 5.74) is 5.78. The molecule has 0 aliphatic rings. The van der Waals surface area contributed by atoms with Crippen LogP contribution in [-0.2, 0) is 10.0 Å². The normalized spacial score (nSPS) is 11.9. The van der Waals surface area contributed by atoms with Crippen LogP contribution in [0.4, 0.5) is 11.5 Å². The number of sulfonamides is 1. The van der Waals surface area contributed by atoms with Crippen molar-refractivity contribution >= 4 is 38.8 Å². The zero-order chi connectivity index (χ0) is 20.1. The van der Waals surface area contributed by atoms with E-state index in [0.717, 1.165) is 11.1 Å². The Hall–Kier alpha value is -2.97. The molecule has 0 saturated heterocycles. The maximum absolute atomic E-state index is 12.4. The number of rotatable bonds is 6. The van der Waals surface area contributed by atoms with E-state index in [-0.39, 0.29) is 4.90 Å². The fourth-order valence-corrected chi connectivity index (χ4v) is 3.45. The van der Waals surface area contributed by atoms with Gasteiger partial charge >= 0.3 is 0 Å². The summed E-state index contributed by atoms with van der Waals surface area (Å²) in [5, 5.41) is 12.1. The SMILES string of the molecule is C/C(=N\Nc1ccc(Cl)nn1)c1ccc(NS(=O)(=O)c2ccc(C)cc2)cc1. The van der Waals surface area contributed by atoms with Crippen LogP contribution in [0.25, 0.3) is 0 Å². The molecule has 3 rings (SSSR count). The zero-order valence-corrected chi connectivity index (χ0v) is 16.8. The first-order valence-corrected chi connectivity index (χ1v) is 10.2. The molecule has 1 aromatic heterocycles. The summed E-state index contributed by atoms with van der Waals surface area (Å²) in [5.74, 6) is 0.464. The third kappa shape index (κ3) is 5.05. The Morgan fingerprint density at radius 2 is 1.64 bits per heavy atom. The van der Waals surface area contributed by atoms with E-state index in [4.69, 9.17) is 11.6 Å². The maximum atomic E-state index is 12.4. The van der Waals surface area contributed by atoms with Crippen molar-refractivity contribution in [1.29, 1.82) is 0 Å². The van der Waals surface area contributed by atoms with Crippen molar-refractivity contribution in [3.05, 3.63) is 76.9 Å². The minimum Gasteiger partial charge on any atom is -0.280 e. The number of hydrogen-bond acceptors (Lipinski definition) is 6. The van der Waals surface area contributed by atoms with Gasteiger partial charge in [-0.3, -0.25) is 10.1 Å². The third-order valence-corrected chi connectivity index (χ3v) is 5.46. The van der Waals surface area contributed by atoms with Gasteiger partial charge in [-0.05, 0) is 55.8 Å². The predicted molar refractivity (Wildman–Crippen MR) is 111 cm³/mol. The van der Waals surface area contributed by atoms with Crippen molar-refractivity contribution in [2.45, 2.75) is 18.7 Å². The molecule has 0 amide bonds. The quantitative estimate of drug-likeness (QED) is 0.467. The van der Waals surface area contributed by atoms with Crippen molar-refractivity contribution in [1.82, 2.24) is 10.2 Å². The summed E-state index contributed by atoms with van der Waals surface area (Å²) in [4.78, 5) is 0.216. The second-order valence-corrected chi connectivity index (χ2v) is 8.12. The van der Waals surface area contributed by atoms with E-state index in [1.165, 1.54) is 0 Å². The van der Waals surface area contributed by atoms with Gasteiger partial charge < -0.3 is 0 Å². The minimum atomic E-state index is -3.63. The highest BCUT2D eigenvalue weighted by atomic mass is 35.5. The number of halogens is 1. The van der Waals surface area contributed by atoms with Crippen molar-refractivity contribution in [2.24, 2.45) is 5.10 Å². The molecular weight excluding hydrogens is 398 g/mol. The summed E-state index contributed by atoms with van der Waals surface area (Å²) in [6.07, 6.45) is 0. The van der Waals surface area contributed by atoms with Crippen molar-refractivity contribution in [2.75, 3.05) is 10.1 Å². The van der Waals surface area contributed by atoms with Crippen LogP contribution in [0, 0.1) is 6.92 Å². The molecule has 0 saturated carbocycles. The molecule has 2 aromatic carbocycles. The zero-order valence-electron chi connectivity index (χ0n) is 15.2. The summed E-state index contributed by atoms with van der Waals surface area (Å²) in [6, 6.07) is 16.9. The minimum absolute atomic E-state index is 0.216. The first kappa shape index (κ1) is 19.8. The van der Waals surface area contributed by atoms with Crippen molar-refractivity contribution in [3.63, 3.8) is 0 Å². The molecular formula is C19H18ClN5O2S. The van der Waals surface area contributed by atoms with Crippen molar-refractivity contribution < 1.29 is 8.42 Å². The van der Waals surface area contributed by atoms with Crippen molar-refractivity contribution in [3.8, 4) is 0 Å². The molecule has 0 bridgehead atoms. The van der Waals surface area contributed by atoms with Gasteiger partial charge in [0.05, 0.1) is 10.6 Å². The lowest BCUT2D eigenvalue weighted by atomic mass is 10.1. The Labute approximate surface area is 168 Å². The highest BCUT2D eigenvalue weighted by Gasteiger charge is 2.13. The maximum Gasteiger partial charge on any atom is 0.261 e. The van der Waals surface area contributed by atoms with Crippen LogP contribution in [0.1, 0.15) is 18.1 Å². The highest BCUT2D eigenvalue weighted by Crippen LogP contribution is 2.17. The molecule has 0 radical (unpaired) electrons. The van der Waals surface area contributed by atoms with E-state index in [1.807, 2.05) is 13.8 Å². The van der Waals surface area contributed by atoms with Crippen LogP contribution in [0.5, 0.6) is 0 Å². The molecule has 7 nitrogen and oxygen atoms in total. The van der Waals surface area contributed by atoms with Gasteiger partial charge in [-0.1, -0.05) is 41.4 Å². The summed E-state index contributed by atoms with van der Waals surface area (Å²) >= 11 is 5.69. The van der Waals surface area contributed by atoms with Crippen LogP contribution in [0.15, 0.2) is 70.7 Å². The molecule has 0 spiro atoms. The summed E-state index contributed by atoms with van der Waals surface area (Å²) < 4.78 is 27.5. The van der Waals surface area contributed by atoms with Gasteiger partial charge in [0.1, 0.15) is 0 Å². The average Bonchev–Trinajstić information content (AvgIpc) is 2.68. The Balaban J connectivity index is 1.69. The van der Waals surface area contributed by atoms with Crippen LogP contribution in [0.2, 0.25) is 5.15 Å². The molecule has 2 N–H and O–H groups in total. The lowest BCUT2D eigenvalue weighted by Crippen LogP contribution is -2.13. The van der Waals surface area contributed by atoms with Crippen LogP contribution in [0.3, 0.4) is 0 Å². The molecule has 0 aliphatic heterocycles. The van der Waals surface area contributed by atoms with Gasteiger partial charge in [0.15, 0.2) is 11.0 Å². The molecule has 0 atom stereocenters. The lowest BCUT2D eigenvalue weighted by molar-refractivity contribution is 0.601. The Morgan fingerprint density at radius 3 is 2.25 bits per heavy atom. The van der Waals surface area contributed by atoms with E-state index >= 15 is 0 Å². The van der Waals surface area contributed by atoms with E-state index in [0.29, 0.717) is 22.4 Å². The Kier molecular flexibility index (Phi) is 5.91. The van der Waals surface area contributed by atoms with Crippen LogP contribution in [-0.4, -0.2) is 24.3 Å². The fourth-order valence-electron chi connectivity index (χ4n) is 2.29. The standard InChI is InChI=1S/C19H18ClN5O2S/c1-13-3-9-17(10-4-13)28(26,27)25-16-7-5-15(6-8-16)14(2)21-23-19-12-11-18(20)22-24-19/h3-12,25H,1-2H3,(H,23,24)/b21-14+. The van der Waals surface area contributed by atoms with Crippen LogP contribution >= 0.6 is 11.6 Å². The van der Waals surface area contributed by atoms with E-state index in [1.54, 1.807) is 60.7 Å². The lowest BCUT2D eigenvalue weighted by Gasteiger charge is -2.09. The smallest absolute Gasteiger partial charge is 0.261 e. The fraction of sp³-hybridized carbons (Fsp3) is 0.105. The van der Waals surface area contributed by atoms with Crippen LogP contribution < -0.4 is 10.1 Å². The highest BCUT2D eigenvalue weighted by molar-refractivity contribution is 7.92. The molecule has 1 heterocycles. The molecule has 9 heteroatoms. The topological polar surface area (TPSA) is 96.3 Å². The molecule has 144 valence electrons. The Bertz CT molecular complexity index is 1080. The number of hydrazone groups is 1. The number of nitrogens with one attached hydrogen (secondary N) is 2.